The van der Waals surface area contributed by atoms with Gasteiger partial charge in [0.1, 0.15) is 0 Å². The van der Waals surface area contributed by atoms with Gasteiger partial charge in [-0.15, -0.1) is 0 Å². The molecular formula is C24H27N5O2. The van der Waals surface area contributed by atoms with Crippen LogP contribution in [-0.2, 0) is 0 Å². The van der Waals surface area contributed by atoms with Crippen LogP contribution in [-0.4, -0.2) is 46.2 Å². The van der Waals surface area contributed by atoms with E-state index in [4.69, 9.17) is 4.52 Å². The molecule has 3 aromatic rings. The standard InChI is InChI=1S/C24H27N5O2/c1-29-18-10-7-11-19(29)15-17(14-18)25-24(30)26-21-13-6-5-12-20(21)23-27-22(28-31-23)16-8-3-2-4-9-16/h2-6,8-9,12-13,17-19H,7,10-11,14-15H2,1H3,(H2,25,26,30)/t17-,18+,19-. The molecule has 2 fully saturated rings. The highest BCUT2D eigenvalue weighted by Gasteiger charge is 2.36. The first-order valence-corrected chi connectivity index (χ1v) is 11.0. The van der Waals surface area contributed by atoms with E-state index in [2.05, 4.69) is 32.7 Å². The summed E-state index contributed by atoms with van der Waals surface area (Å²) in [5.41, 5.74) is 2.23. The third-order valence-corrected chi connectivity index (χ3v) is 6.54. The Labute approximate surface area is 181 Å². The van der Waals surface area contributed by atoms with Crippen molar-refractivity contribution < 1.29 is 9.32 Å². The molecule has 5 rings (SSSR count). The number of amides is 2. The molecule has 0 unspecified atom stereocenters. The normalized spacial score (nSPS) is 23.3. The SMILES string of the molecule is CN1[C@@H]2CCC[C@H]1C[C@@H](NC(=O)Nc1ccccc1-c1nc(-c3ccccc3)no1)C2. The monoisotopic (exact) mass is 417 g/mol. The lowest BCUT2D eigenvalue weighted by Gasteiger charge is -2.47. The van der Waals surface area contributed by atoms with Gasteiger partial charge in [-0.25, -0.2) is 4.79 Å². The predicted octanol–water partition coefficient (Wildman–Crippen LogP) is 4.54. The molecular weight excluding hydrogens is 390 g/mol. The van der Waals surface area contributed by atoms with Gasteiger partial charge in [0.05, 0.1) is 11.3 Å². The molecule has 2 bridgehead atoms. The Hall–Kier alpha value is -3.19. The predicted molar refractivity (Wildman–Crippen MR) is 120 cm³/mol. The van der Waals surface area contributed by atoms with E-state index in [0.29, 0.717) is 35.0 Å². The Morgan fingerprint density at radius 1 is 1.03 bits per heavy atom. The number of piperidine rings is 2. The maximum Gasteiger partial charge on any atom is 0.319 e. The molecule has 7 nitrogen and oxygen atoms in total. The highest BCUT2D eigenvalue weighted by atomic mass is 16.5. The van der Waals surface area contributed by atoms with E-state index in [9.17, 15) is 4.79 Å². The van der Waals surface area contributed by atoms with Gasteiger partial charge in [0.25, 0.3) is 5.89 Å². The van der Waals surface area contributed by atoms with Crippen LogP contribution in [0, 0.1) is 0 Å². The van der Waals surface area contributed by atoms with Gasteiger partial charge < -0.3 is 20.1 Å². The van der Waals surface area contributed by atoms with Crippen LogP contribution in [0.1, 0.15) is 32.1 Å². The number of urea groups is 1. The van der Waals surface area contributed by atoms with E-state index in [1.54, 1.807) is 0 Å². The summed E-state index contributed by atoms with van der Waals surface area (Å²) in [6.45, 7) is 0. The highest BCUT2D eigenvalue weighted by molar-refractivity contribution is 5.93. The van der Waals surface area contributed by atoms with Crippen LogP contribution in [0.4, 0.5) is 10.5 Å². The van der Waals surface area contributed by atoms with Crippen molar-refractivity contribution in [3.63, 3.8) is 0 Å². The number of nitrogens with zero attached hydrogens (tertiary/aromatic N) is 3. The summed E-state index contributed by atoms with van der Waals surface area (Å²) in [6.07, 6.45) is 5.74. The molecule has 3 heterocycles. The van der Waals surface area contributed by atoms with Crippen molar-refractivity contribution in [1.29, 1.82) is 0 Å². The fourth-order valence-electron chi connectivity index (χ4n) is 4.89. The van der Waals surface area contributed by atoms with Crippen molar-refractivity contribution in [3.05, 3.63) is 54.6 Å². The number of aromatic nitrogens is 2. The number of hydrogen-bond donors (Lipinski definition) is 2. The molecule has 0 spiro atoms. The smallest absolute Gasteiger partial charge is 0.319 e. The van der Waals surface area contributed by atoms with Crippen LogP contribution < -0.4 is 10.6 Å². The zero-order valence-corrected chi connectivity index (χ0v) is 17.6. The molecule has 1 aromatic heterocycles. The third-order valence-electron chi connectivity index (χ3n) is 6.54. The first-order chi connectivity index (χ1) is 15.2. The highest BCUT2D eigenvalue weighted by Crippen LogP contribution is 2.33. The summed E-state index contributed by atoms with van der Waals surface area (Å²) in [6, 6.07) is 18.3. The van der Waals surface area contributed by atoms with Crippen molar-refractivity contribution in [2.75, 3.05) is 12.4 Å². The van der Waals surface area contributed by atoms with Gasteiger partial charge in [-0.1, -0.05) is 54.0 Å². The number of nitrogens with one attached hydrogen (secondary N) is 2. The van der Waals surface area contributed by atoms with Crippen molar-refractivity contribution >= 4 is 11.7 Å². The van der Waals surface area contributed by atoms with Crippen LogP contribution in [0.3, 0.4) is 0 Å². The summed E-state index contributed by atoms with van der Waals surface area (Å²) >= 11 is 0. The number of carbonyl (C=O) groups is 1. The fourth-order valence-corrected chi connectivity index (χ4v) is 4.89. The van der Waals surface area contributed by atoms with Gasteiger partial charge in [-0.05, 0) is 44.9 Å². The number of hydrogen-bond acceptors (Lipinski definition) is 5. The molecule has 0 saturated carbocycles. The Kier molecular flexibility index (Phi) is 5.42. The molecule has 2 amide bonds. The molecule has 2 aliphatic rings. The van der Waals surface area contributed by atoms with Gasteiger partial charge in [0, 0.05) is 23.7 Å². The van der Waals surface area contributed by atoms with Gasteiger partial charge in [0.2, 0.25) is 5.82 Å². The van der Waals surface area contributed by atoms with E-state index in [0.717, 1.165) is 18.4 Å². The second-order valence-corrected chi connectivity index (χ2v) is 8.51. The average Bonchev–Trinajstić information content (AvgIpc) is 3.26. The van der Waals surface area contributed by atoms with Crippen molar-refractivity contribution in [2.24, 2.45) is 0 Å². The molecule has 31 heavy (non-hydrogen) atoms. The van der Waals surface area contributed by atoms with Gasteiger partial charge in [-0.2, -0.15) is 4.98 Å². The quantitative estimate of drug-likeness (QED) is 0.651. The molecule has 0 aliphatic carbocycles. The lowest BCUT2D eigenvalue weighted by Crippen LogP contribution is -2.55. The Balaban J connectivity index is 1.29. The Morgan fingerprint density at radius 2 is 1.74 bits per heavy atom. The maximum atomic E-state index is 12.8. The molecule has 2 aromatic carbocycles. The molecule has 7 heteroatoms. The largest absolute Gasteiger partial charge is 0.335 e. The van der Waals surface area contributed by atoms with Gasteiger partial charge in [-0.3, -0.25) is 0 Å². The number of benzene rings is 2. The summed E-state index contributed by atoms with van der Waals surface area (Å²) in [5, 5.41) is 10.3. The fraction of sp³-hybridized carbons (Fsp3) is 0.375. The summed E-state index contributed by atoms with van der Waals surface area (Å²) in [5.74, 6) is 0.899. The Bertz CT molecular complexity index is 1040. The minimum absolute atomic E-state index is 0.192. The number of fused-ring (bicyclic) bond motifs is 2. The van der Waals surface area contributed by atoms with Crippen molar-refractivity contribution in [1.82, 2.24) is 20.4 Å². The van der Waals surface area contributed by atoms with Crippen LogP contribution in [0.15, 0.2) is 59.1 Å². The lowest BCUT2D eigenvalue weighted by molar-refractivity contribution is 0.0513. The molecule has 2 N–H and O–H groups in total. The minimum atomic E-state index is -0.192. The van der Waals surface area contributed by atoms with Crippen LogP contribution >= 0.6 is 0 Å². The first-order valence-electron chi connectivity index (χ1n) is 11.0. The minimum Gasteiger partial charge on any atom is -0.335 e. The van der Waals surface area contributed by atoms with Crippen molar-refractivity contribution in [2.45, 2.75) is 50.2 Å². The number of anilines is 1. The van der Waals surface area contributed by atoms with E-state index < -0.39 is 0 Å². The van der Waals surface area contributed by atoms with Crippen LogP contribution in [0.25, 0.3) is 22.8 Å². The zero-order chi connectivity index (χ0) is 21.2. The second-order valence-electron chi connectivity index (χ2n) is 8.51. The zero-order valence-electron chi connectivity index (χ0n) is 17.6. The summed E-state index contributed by atoms with van der Waals surface area (Å²) in [7, 11) is 2.22. The molecule has 160 valence electrons. The number of para-hydroxylation sites is 1. The summed E-state index contributed by atoms with van der Waals surface area (Å²) in [4.78, 5) is 19.8. The second kappa shape index (κ2) is 8.51. The summed E-state index contributed by atoms with van der Waals surface area (Å²) < 4.78 is 5.50. The van der Waals surface area contributed by atoms with E-state index >= 15 is 0 Å². The first kappa shape index (κ1) is 19.8. The molecule has 2 saturated heterocycles. The molecule has 3 atom stereocenters. The maximum absolute atomic E-state index is 12.8. The van der Waals surface area contributed by atoms with E-state index in [1.807, 2.05) is 54.6 Å². The van der Waals surface area contributed by atoms with Gasteiger partial charge >= 0.3 is 6.03 Å². The topological polar surface area (TPSA) is 83.3 Å². The van der Waals surface area contributed by atoms with E-state index in [1.165, 1.54) is 19.3 Å². The number of carbonyl (C=O) groups excluding carboxylic acids is 1. The van der Waals surface area contributed by atoms with Crippen LogP contribution in [0.2, 0.25) is 0 Å². The molecule has 0 radical (unpaired) electrons. The van der Waals surface area contributed by atoms with Crippen molar-refractivity contribution in [3.8, 4) is 22.8 Å². The van der Waals surface area contributed by atoms with E-state index in [-0.39, 0.29) is 12.1 Å². The number of rotatable bonds is 4. The molecule has 2 aliphatic heterocycles. The third kappa shape index (κ3) is 4.18. The Morgan fingerprint density at radius 3 is 2.52 bits per heavy atom. The van der Waals surface area contributed by atoms with Gasteiger partial charge in [0.15, 0.2) is 0 Å². The average molecular weight is 418 g/mol. The lowest BCUT2D eigenvalue weighted by atomic mass is 9.82. The van der Waals surface area contributed by atoms with Crippen LogP contribution in [0.5, 0.6) is 0 Å².